The highest BCUT2D eigenvalue weighted by atomic mass is 79.9. The molecule has 0 amide bonds. The minimum atomic E-state index is -5.31. The van der Waals surface area contributed by atoms with Gasteiger partial charge in [-0.2, -0.15) is 66.1 Å². The molecule has 22 heteroatoms. The summed E-state index contributed by atoms with van der Waals surface area (Å²) >= 11 is -3.07. The second kappa shape index (κ2) is 14.8. The molecule has 0 bridgehead atoms. The predicted octanol–water partition coefficient (Wildman–Crippen LogP) is 9.85. The summed E-state index contributed by atoms with van der Waals surface area (Å²) < 4.78 is 202. The van der Waals surface area contributed by atoms with Crippen LogP contribution in [0.15, 0.2) is 102 Å². The molecule has 1 aliphatic rings. The van der Waals surface area contributed by atoms with Crippen LogP contribution >= 0.6 is 15.8 Å². The molecule has 1 aliphatic heterocycles. The van der Waals surface area contributed by atoms with Gasteiger partial charge in [-0.3, -0.25) is 0 Å². The first-order valence-corrected chi connectivity index (χ1v) is 17.2. The maximum Gasteiger partial charge on any atom is 0.432 e. The molecule has 52 heavy (non-hydrogen) atoms. The van der Waals surface area contributed by atoms with Gasteiger partial charge in [0.15, 0.2) is 0 Å². The molecule has 0 spiro atoms. The highest BCUT2D eigenvalue weighted by molar-refractivity contribution is 9.24. The van der Waals surface area contributed by atoms with Crippen LogP contribution < -0.4 is 4.18 Å². The first kappa shape index (κ1) is 39.8. The third-order valence-corrected chi connectivity index (χ3v) is 10.5. The van der Waals surface area contributed by atoms with Gasteiger partial charge in [0.2, 0.25) is 11.1 Å². The molecule has 1 fully saturated rings. The quantitative estimate of drug-likeness (QED) is 0.131. The maximum atomic E-state index is 13.9. The predicted molar refractivity (Wildman–Crippen MR) is 166 cm³/mol. The monoisotopic (exact) mass is 852 g/mol. The van der Waals surface area contributed by atoms with E-state index in [1.807, 2.05) is 0 Å². The lowest BCUT2D eigenvalue weighted by molar-refractivity contribution is -0.144. The Morgan fingerprint density at radius 1 is 0.577 bits per heavy atom. The maximum absolute atomic E-state index is 13.9. The minimum Gasteiger partial charge on any atom is -0.390 e. The van der Waals surface area contributed by atoms with Crippen molar-refractivity contribution in [3.05, 3.63) is 130 Å². The Morgan fingerprint density at radius 2 is 0.962 bits per heavy atom. The Morgan fingerprint density at radius 3 is 1.37 bits per heavy atom. The third-order valence-electron chi connectivity index (χ3n) is 7.36. The molecule has 0 aromatic heterocycles. The lowest BCUT2D eigenvalue weighted by Gasteiger charge is -2.28. The van der Waals surface area contributed by atoms with Crippen molar-refractivity contribution in [2.24, 2.45) is 0 Å². The Kier molecular flexibility index (Phi) is 11.3. The van der Waals surface area contributed by atoms with Gasteiger partial charge >= 0.3 is 30.5 Å². The van der Waals surface area contributed by atoms with E-state index in [9.17, 15) is 61.1 Å². The summed E-state index contributed by atoms with van der Waals surface area (Å²) in [5.41, 5.74) is -6.66. The SMILES string of the molecule is O=S(ON1B(Br)N(S(=O)Oc2cc(C(F)(F)F)cc(C(F)(F)F)c2)C(c2ccccc2)C1c1ccccc1)c1cc(C(F)(F)F)cc(C(F)(F)F)c1. The standard InChI is InChI=1S/C30H18BBrF12N2O4S2/c32-31-45(50-51(47)24-15-21(29(39,40)41)12-22(16-24)30(42,43)44)25(17-7-3-1-4-8-17)26(18-9-5-2-6-10-18)46(31)52(48)49-23-13-19(27(33,34)35)11-20(14-23)28(36,37)38/h1-16,25-26H. The average molecular weight is 853 g/mol. The smallest absolute Gasteiger partial charge is 0.390 e. The zero-order chi connectivity index (χ0) is 38.4. The molecule has 4 unspecified atom stereocenters. The van der Waals surface area contributed by atoms with Gasteiger partial charge in [0.25, 0.3) is 11.3 Å². The summed E-state index contributed by atoms with van der Waals surface area (Å²) in [6, 6.07) is 12.7. The molecule has 0 aliphatic carbocycles. The van der Waals surface area contributed by atoms with E-state index in [2.05, 4.69) is 15.8 Å². The lowest BCUT2D eigenvalue weighted by Crippen LogP contribution is -2.42. The zero-order valence-electron chi connectivity index (χ0n) is 25.2. The average Bonchev–Trinajstić information content (AvgIpc) is 3.35. The molecular formula is C30H18BBrF12N2O4S2. The van der Waals surface area contributed by atoms with Gasteiger partial charge in [0.05, 0.1) is 39.2 Å². The van der Waals surface area contributed by atoms with E-state index >= 15 is 0 Å². The van der Waals surface area contributed by atoms with Gasteiger partial charge in [0.1, 0.15) is 5.75 Å². The van der Waals surface area contributed by atoms with Crippen molar-refractivity contribution in [1.29, 1.82) is 0 Å². The van der Waals surface area contributed by atoms with Crippen molar-refractivity contribution in [1.82, 2.24) is 9.19 Å². The lowest BCUT2D eigenvalue weighted by atomic mass is 9.95. The number of halogens is 13. The number of benzene rings is 4. The van der Waals surface area contributed by atoms with Gasteiger partial charge in [0, 0.05) is 0 Å². The van der Waals surface area contributed by atoms with Gasteiger partial charge in [-0.05, 0) is 47.5 Å². The largest absolute Gasteiger partial charge is 0.432 e. The van der Waals surface area contributed by atoms with E-state index in [1.165, 1.54) is 48.5 Å². The molecule has 0 saturated carbocycles. The number of hydrogen-bond acceptors (Lipinski definition) is 5. The van der Waals surface area contributed by atoms with Crippen LogP contribution in [0, 0.1) is 0 Å². The minimum absolute atomic E-state index is 0.168. The molecule has 1 saturated heterocycles. The summed E-state index contributed by atoms with van der Waals surface area (Å²) in [6.07, 6.45) is -21.2. The number of nitrogens with zero attached hydrogens (tertiary/aromatic N) is 2. The van der Waals surface area contributed by atoms with Crippen LogP contribution in [0.4, 0.5) is 52.7 Å². The van der Waals surface area contributed by atoms with Crippen LogP contribution in [-0.2, 0) is 51.3 Å². The van der Waals surface area contributed by atoms with E-state index < -0.39 is 97.8 Å². The summed E-state index contributed by atoms with van der Waals surface area (Å²) in [5, 5.41) is 0. The van der Waals surface area contributed by atoms with Gasteiger partial charge in [-0.1, -0.05) is 60.7 Å². The highest BCUT2D eigenvalue weighted by Crippen LogP contribution is 2.49. The first-order chi connectivity index (χ1) is 24.1. The van der Waals surface area contributed by atoms with Crippen molar-refractivity contribution in [2.45, 2.75) is 41.7 Å². The van der Waals surface area contributed by atoms with E-state index in [1.54, 1.807) is 12.1 Å². The summed E-state index contributed by atoms with van der Waals surface area (Å²) in [6.45, 7) is 0. The molecule has 1 heterocycles. The fourth-order valence-corrected chi connectivity index (χ4v) is 8.08. The van der Waals surface area contributed by atoms with Gasteiger partial charge < -0.3 is 4.18 Å². The Balaban J connectivity index is 1.62. The molecule has 4 atom stereocenters. The van der Waals surface area contributed by atoms with Crippen molar-refractivity contribution in [2.75, 3.05) is 0 Å². The molecule has 5 rings (SSSR count). The fourth-order valence-electron chi connectivity index (χ4n) is 5.10. The molecular weight excluding hydrogens is 835 g/mol. The number of hydroxylamine groups is 1. The second-order valence-corrected chi connectivity index (χ2v) is 13.8. The summed E-state index contributed by atoms with van der Waals surface area (Å²) in [4.78, 5) is -0.324. The van der Waals surface area contributed by atoms with Gasteiger partial charge in [-0.25, -0.2) is 8.49 Å². The highest BCUT2D eigenvalue weighted by Gasteiger charge is 2.56. The second-order valence-electron chi connectivity index (χ2n) is 10.8. The number of alkyl halides is 12. The topological polar surface area (TPSA) is 59.1 Å². The van der Waals surface area contributed by atoms with E-state index in [0.717, 1.165) is 9.19 Å². The fraction of sp³-hybridized carbons (Fsp3) is 0.200. The third kappa shape index (κ3) is 8.84. The first-order valence-electron chi connectivity index (χ1n) is 14.2. The van der Waals surface area contributed by atoms with Crippen LogP contribution in [0.2, 0.25) is 0 Å². The zero-order valence-corrected chi connectivity index (χ0v) is 28.4. The van der Waals surface area contributed by atoms with Crippen molar-refractivity contribution >= 4 is 43.9 Å². The molecule has 6 nitrogen and oxygen atoms in total. The molecule has 4 aromatic carbocycles. The summed E-state index contributed by atoms with van der Waals surface area (Å²) in [7, 11) is 0. The van der Waals surface area contributed by atoms with Crippen molar-refractivity contribution in [3.8, 4) is 5.75 Å². The Bertz CT molecular complexity index is 1890. The number of hydrogen-bond donors (Lipinski definition) is 0. The number of rotatable bonds is 8. The van der Waals surface area contributed by atoms with Crippen LogP contribution in [0.25, 0.3) is 0 Å². The van der Waals surface area contributed by atoms with E-state index in [4.69, 9.17) is 8.47 Å². The van der Waals surface area contributed by atoms with Crippen molar-refractivity contribution in [3.63, 3.8) is 0 Å². The van der Waals surface area contributed by atoms with Crippen LogP contribution in [-0.4, -0.2) is 23.4 Å². The van der Waals surface area contributed by atoms with E-state index in [-0.39, 0.29) is 47.5 Å². The summed E-state index contributed by atoms with van der Waals surface area (Å²) in [5.74, 6) is -2.80. The molecule has 0 radical (unpaired) electrons. The molecule has 278 valence electrons. The van der Waals surface area contributed by atoms with Crippen molar-refractivity contribution < 1.29 is 69.6 Å². The molecule has 4 aromatic rings. The van der Waals surface area contributed by atoms with Gasteiger partial charge in [-0.15, -0.1) is 15.8 Å². The Labute approximate surface area is 299 Å². The normalized spacial score (nSPS) is 19.1. The van der Waals surface area contributed by atoms with E-state index in [0.29, 0.717) is 0 Å². The van der Waals surface area contributed by atoms with Crippen LogP contribution in [0.3, 0.4) is 0 Å². The Hall–Kier alpha value is -3.44. The van der Waals surface area contributed by atoms with Crippen LogP contribution in [0.1, 0.15) is 45.5 Å². The molecule has 0 N–H and O–H groups in total. The van der Waals surface area contributed by atoms with Crippen LogP contribution in [0.5, 0.6) is 5.75 Å².